The van der Waals surface area contributed by atoms with E-state index in [0.29, 0.717) is 5.75 Å². The summed E-state index contributed by atoms with van der Waals surface area (Å²) in [5, 5.41) is 10.4. The summed E-state index contributed by atoms with van der Waals surface area (Å²) in [6.07, 6.45) is 5.58. The molecule has 2 aromatic carbocycles. The van der Waals surface area contributed by atoms with Crippen LogP contribution in [0.3, 0.4) is 0 Å². The molecule has 8 nitrogen and oxygen atoms in total. The van der Waals surface area contributed by atoms with Crippen molar-refractivity contribution < 1.29 is 38.5 Å². The molecule has 236 valence electrons. The Morgan fingerprint density at radius 1 is 0.786 bits per heavy atom. The van der Waals surface area contributed by atoms with Gasteiger partial charge in [0.2, 0.25) is 0 Å². The van der Waals surface area contributed by atoms with Gasteiger partial charge in [0.25, 0.3) is 0 Å². The number of benzene rings is 2. The van der Waals surface area contributed by atoms with E-state index in [0.717, 1.165) is 36.8 Å². The zero-order chi connectivity index (χ0) is 31.3. The van der Waals surface area contributed by atoms with Gasteiger partial charge in [0.15, 0.2) is 0 Å². The molecular weight excluding hydrogens is 574 g/mol. The normalized spacial score (nSPS) is 15.6. The summed E-state index contributed by atoms with van der Waals surface area (Å²) >= 11 is 0. The summed E-state index contributed by atoms with van der Waals surface area (Å²) in [4.78, 5) is 37.6. The first kappa shape index (κ1) is 35.3. The van der Waals surface area contributed by atoms with Crippen LogP contribution in [-0.2, 0) is 19.9 Å². The Morgan fingerprint density at radius 2 is 1.31 bits per heavy atom. The maximum Gasteiger partial charge on any atom is 0.327 e. The van der Waals surface area contributed by atoms with Crippen molar-refractivity contribution in [1.82, 2.24) is 0 Å². The Balaban J connectivity index is 2.22. The van der Waals surface area contributed by atoms with Crippen molar-refractivity contribution in [2.75, 3.05) is 26.4 Å². The van der Waals surface area contributed by atoms with E-state index >= 15 is 0 Å². The Bertz CT molecular complexity index is 1120. The van der Waals surface area contributed by atoms with Gasteiger partial charge in [-0.3, -0.25) is 0 Å². The van der Waals surface area contributed by atoms with Crippen molar-refractivity contribution in [2.45, 2.75) is 97.3 Å². The van der Waals surface area contributed by atoms with E-state index in [1.807, 2.05) is 12.1 Å². The minimum atomic E-state index is -2.69. The van der Waals surface area contributed by atoms with Gasteiger partial charge in [-0.1, -0.05) is 90.6 Å². The lowest BCUT2D eigenvalue weighted by atomic mass is 9.71. The third-order valence-electron chi connectivity index (χ3n) is 8.09. The molecule has 0 amide bonds. The van der Waals surface area contributed by atoms with Crippen LogP contribution < -0.4 is 4.74 Å². The molecule has 0 unspecified atom stereocenters. The fourth-order valence-corrected chi connectivity index (χ4v) is 6.62. The van der Waals surface area contributed by atoms with E-state index < -0.39 is 29.2 Å². The zero-order valence-electron chi connectivity index (χ0n) is 26.2. The summed E-state index contributed by atoms with van der Waals surface area (Å²) in [7, 11) is -5.38. The molecule has 0 radical (unpaired) electrons. The number of aliphatic hydroxyl groups is 1. The molecule has 0 heterocycles. The van der Waals surface area contributed by atoms with Crippen LogP contribution in [0.1, 0.15) is 102 Å². The van der Waals surface area contributed by atoms with E-state index in [2.05, 4.69) is 66.7 Å². The maximum atomic E-state index is 10.4. The summed E-state index contributed by atoms with van der Waals surface area (Å²) in [6, 6.07) is 10.8. The van der Waals surface area contributed by atoms with Gasteiger partial charge < -0.3 is 38.5 Å². The minimum Gasteiger partial charge on any atom is -0.492 e. The summed E-state index contributed by atoms with van der Waals surface area (Å²) in [5.41, 5.74) is 5.86. The van der Waals surface area contributed by atoms with Crippen molar-refractivity contribution in [3.63, 3.8) is 0 Å². The topological polar surface area (TPSA) is 129 Å². The Hall–Kier alpha value is -1.18. The van der Waals surface area contributed by atoms with E-state index in [-0.39, 0.29) is 36.6 Å². The van der Waals surface area contributed by atoms with Gasteiger partial charge >= 0.3 is 17.2 Å². The molecule has 3 rings (SSSR count). The first-order valence-corrected chi connectivity index (χ1v) is 17.0. The second-order valence-corrected chi connectivity index (χ2v) is 15.3. The number of ether oxygens (including phenoxy) is 1. The molecule has 1 aliphatic carbocycles. The van der Waals surface area contributed by atoms with Crippen LogP contribution in [-0.4, -0.2) is 51.1 Å². The molecule has 5 N–H and O–H groups in total. The first-order valence-electron chi connectivity index (χ1n) is 14.7. The molecular formula is C32H50O8P2. The van der Waals surface area contributed by atoms with Gasteiger partial charge in [-0.25, -0.2) is 0 Å². The molecule has 0 saturated heterocycles. The van der Waals surface area contributed by atoms with E-state index in [9.17, 15) is 24.7 Å². The van der Waals surface area contributed by atoms with Gasteiger partial charge in [0, 0.05) is 5.56 Å². The third kappa shape index (κ3) is 9.17. The lowest BCUT2D eigenvalue weighted by Gasteiger charge is -2.35. The molecule has 0 spiro atoms. The fraction of sp³-hybridized carbons (Fsp3) is 0.625. The highest BCUT2D eigenvalue weighted by atomic mass is 31.2. The Kier molecular flexibility index (Phi) is 12.4. The molecule has 1 fully saturated rings. The largest absolute Gasteiger partial charge is 0.492 e. The van der Waals surface area contributed by atoms with E-state index in [4.69, 9.17) is 13.8 Å². The number of aliphatic hydroxyl groups excluding tert-OH is 1. The second-order valence-electron chi connectivity index (χ2n) is 13.8. The predicted octanol–water partition coefficient (Wildman–Crippen LogP) is 7.12. The van der Waals surface area contributed by atoms with Crippen LogP contribution in [0.25, 0.3) is 11.1 Å². The molecule has 1 aliphatic rings. The average Bonchev–Trinajstić information content (AvgIpc) is 2.91. The second kappa shape index (κ2) is 14.7. The predicted molar refractivity (Wildman–Crippen MR) is 169 cm³/mol. The molecule has 10 heteroatoms. The highest BCUT2D eigenvalue weighted by Crippen LogP contribution is 2.49. The van der Waals surface area contributed by atoms with Crippen molar-refractivity contribution in [2.24, 2.45) is 5.41 Å². The van der Waals surface area contributed by atoms with Crippen molar-refractivity contribution in [3.05, 3.63) is 52.6 Å². The molecule has 0 aliphatic heterocycles. The summed E-state index contributed by atoms with van der Waals surface area (Å²) in [6.45, 7) is 14.5. The summed E-state index contributed by atoms with van der Waals surface area (Å²) < 4.78 is 16.7. The van der Waals surface area contributed by atoms with E-state index in [1.165, 1.54) is 28.7 Å². The molecule has 0 bridgehead atoms. The number of hydrogen-bond acceptors (Lipinski definition) is 8. The van der Waals surface area contributed by atoms with Crippen molar-refractivity contribution >= 4 is 17.2 Å². The fourth-order valence-electron chi connectivity index (χ4n) is 5.84. The molecule has 2 aromatic rings. The van der Waals surface area contributed by atoms with Gasteiger partial charge in [-0.05, 0) is 64.8 Å². The molecule has 1 saturated carbocycles. The van der Waals surface area contributed by atoms with Crippen molar-refractivity contribution in [1.29, 1.82) is 0 Å². The SMILES string of the molecule is Cc1cc(C(C)(C)C)c(-c2cccc(OCC(CO)(COP(O)O)COP(O)O)c2C2CCCCC2)c(C(C)(C)C)c1. The van der Waals surface area contributed by atoms with Gasteiger partial charge in [-0.15, -0.1) is 0 Å². The minimum absolute atomic E-state index is 0.0921. The molecule has 0 atom stereocenters. The van der Waals surface area contributed by atoms with Crippen LogP contribution in [0.4, 0.5) is 0 Å². The average molecular weight is 625 g/mol. The maximum absolute atomic E-state index is 10.4. The van der Waals surface area contributed by atoms with Crippen LogP contribution in [0.2, 0.25) is 0 Å². The Morgan fingerprint density at radius 3 is 1.76 bits per heavy atom. The lowest BCUT2D eigenvalue weighted by Crippen LogP contribution is -2.41. The summed E-state index contributed by atoms with van der Waals surface area (Å²) in [5.74, 6) is 0.983. The van der Waals surface area contributed by atoms with Crippen LogP contribution in [0, 0.1) is 12.3 Å². The smallest absolute Gasteiger partial charge is 0.327 e. The highest BCUT2D eigenvalue weighted by molar-refractivity contribution is 7.39. The quantitative estimate of drug-likeness (QED) is 0.158. The molecule has 42 heavy (non-hydrogen) atoms. The van der Waals surface area contributed by atoms with Crippen LogP contribution in [0.5, 0.6) is 5.75 Å². The first-order chi connectivity index (χ1) is 19.6. The highest BCUT2D eigenvalue weighted by Gasteiger charge is 2.36. The number of rotatable bonds is 12. The van der Waals surface area contributed by atoms with Crippen LogP contribution >= 0.6 is 17.2 Å². The molecule has 0 aromatic heterocycles. The van der Waals surface area contributed by atoms with Crippen LogP contribution in [0.15, 0.2) is 30.3 Å². The third-order valence-corrected chi connectivity index (χ3v) is 8.81. The Labute approximate surface area is 254 Å². The number of hydrogen-bond donors (Lipinski definition) is 5. The van der Waals surface area contributed by atoms with Gasteiger partial charge in [-0.2, -0.15) is 0 Å². The van der Waals surface area contributed by atoms with Crippen molar-refractivity contribution in [3.8, 4) is 16.9 Å². The van der Waals surface area contributed by atoms with Gasteiger partial charge in [0.05, 0.1) is 25.2 Å². The monoisotopic (exact) mass is 624 g/mol. The number of aryl methyl sites for hydroxylation is 1. The zero-order valence-corrected chi connectivity index (χ0v) is 28.0. The lowest BCUT2D eigenvalue weighted by molar-refractivity contribution is -0.0164. The van der Waals surface area contributed by atoms with E-state index in [1.54, 1.807) is 0 Å². The van der Waals surface area contributed by atoms with Gasteiger partial charge in [0.1, 0.15) is 12.4 Å². The standard InChI is InChI=1S/C32H50O8P2/c1-22-16-25(30(2,3)4)29(26(17-22)31(5,6)7)24-14-11-15-27(28(24)23-12-9-8-10-13-23)38-19-32(18-33,20-39-41(34)35)21-40-42(36)37/h11,14-17,23,33-37H,8-10,12-13,18-21H2,1-7H3.